The first-order chi connectivity index (χ1) is 18.6. The minimum absolute atomic E-state index is 0.242. The standard InChI is InChI=1S/C34H26FO2P/c35-28-20-21-32(33(24-28)38(29-15-6-2-7-16-29)30-17-8-3-9-18-30)31-19-11-10-14-26(31)23-27(34(36)37)22-25-12-4-1-5-13-25/h1-22,24H,23H2,(H,36,37)/b27-22+. The summed E-state index contributed by atoms with van der Waals surface area (Å²) in [5, 5.41) is 13.2. The van der Waals surface area contributed by atoms with Crippen LogP contribution < -0.4 is 15.9 Å². The van der Waals surface area contributed by atoms with E-state index in [-0.39, 0.29) is 12.2 Å². The van der Waals surface area contributed by atoms with E-state index in [2.05, 4.69) is 24.3 Å². The molecule has 5 rings (SSSR count). The average molecular weight is 517 g/mol. The Morgan fingerprint density at radius 3 is 1.84 bits per heavy atom. The SMILES string of the molecule is O=C(O)/C(=C/c1ccccc1)Cc1ccccc1-c1ccc(F)cc1P(c1ccccc1)c1ccccc1. The van der Waals surface area contributed by atoms with Gasteiger partial charge in [0.1, 0.15) is 5.82 Å². The average Bonchev–Trinajstić information content (AvgIpc) is 2.95. The van der Waals surface area contributed by atoms with Gasteiger partial charge in [0.15, 0.2) is 0 Å². The number of carboxylic acid groups (broad SMARTS) is 1. The summed E-state index contributed by atoms with van der Waals surface area (Å²) in [7, 11) is -1.06. The van der Waals surface area contributed by atoms with E-state index in [9.17, 15) is 14.3 Å². The van der Waals surface area contributed by atoms with Crippen molar-refractivity contribution in [3.8, 4) is 11.1 Å². The lowest BCUT2D eigenvalue weighted by molar-refractivity contribution is -0.132. The normalized spacial score (nSPS) is 11.5. The van der Waals surface area contributed by atoms with Gasteiger partial charge in [-0.25, -0.2) is 9.18 Å². The molecule has 2 nitrogen and oxygen atoms in total. The molecule has 5 aromatic carbocycles. The highest BCUT2D eigenvalue weighted by atomic mass is 31.1. The molecule has 0 aromatic heterocycles. The van der Waals surface area contributed by atoms with Gasteiger partial charge in [-0.3, -0.25) is 0 Å². The fourth-order valence-corrected chi connectivity index (χ4v) is 7.06. The Kier molecular flexibility index (Phi) is 7.87. The number of carbonyl (C=O) groups is 1. The molecule has 0 saturated heterocycles. The molecule has 1 N–H and O–H groups in total. The van der Waals surface area contributed by atoms with Crippen LogP contribution in [0.1, 0.15) is 11.1 Å². The summed E-state index contributed by atoms with van der Waals surface area (Å²) in [6, 6.07) is 42.6. The molecule has 0 aliphatic rings. The van der Waals surface area contributed by atoms with Crippen LogP contribution in [0.25, 0.3) is 17.2 Å². The van der Waals surface area contributed by atoms with Crippen LogP contribution in [0.4, 0.5) is 4.39 Å². The van der Waals surface area contributed by atoms with Gasteiger partial charge in [-0.05, 0) is 64.3 Å². The first kappa shape index (κ1) is 25.3. The zero-order chi connectivity index (χ0) is 26.3. The first-order valence-corrected chi connectivity index (χ1v) is 13.7. The molecule has 0 bridgehead atoms. The quantitative estimate of drug-likeness (QED) is 0.179. The number of carboxylic acids is 1. The molecule has 0 spiro atoms. The number of benzene rings is 5. The highest BCUT2D eigenvalue weighted by molar-refractivity contribution is 7.80. The van der Waals surface area contributed by atoms with E-state index in [1.807, 2.05) is 97.1 Å². The minimum Gasteiger partial charge on any atom is -0.478 e. The second kappa shape index (κ2) is 11.8. The largest absolute Gasteiger partial charge is 0.478 e. The molecule has 0 fully saturated rings. The lowest BCUT2D eigenvalue weighted by Gasteiger charge is -2.23. The number of hydrogen-bond donors (Lipinski definition) is 1. The van der Waals surface area contributed by atoms with Crippen molar-refractivity contribution < 1.29 is 14.3 Å². The topological polar surface area (TPSA) is 37.3 Å². The summed E-state index contributed by atoms with van der Waals surface area (Å²) in [5.41, 5.74) is 3.82. The van der Waals surface area contributed by atoms with Crippen LogP contribution in [0, 0.1) is 5.82 Å². The van der Waals surface area contributed by atoms with E-state index in [1.165, 1.54) is 6.07 Å². The maximum absolute atomic E-state index is 14.8. The lowest BCUT2D eigenvalue weighted by Crippen LogP contribution is -2.22. The van der Waals surface area contributed by atoms with Crippen molar-refractivity contribution in [2.75, 3.05) is 0 Å². The van der Waals surface area contributed by atoms with E-state index in [0.29, 0.717) is 5.57 Å². The first-order valence-electron chi connectivity index (χ1n) is 12.4. The molecule has 0 saturated carbocycles. The van der Waals surface area contributed by atoms with Crippen molar-refractivity contribution in [1.29, 1.82) is 0 Å². The second-order valence-electron chi connectivity index (χ2n) is 8.89. The van der Waals surface area contributed by atoms with Crippen molar-refractivity contribution in [3.63, 3.8) is 0 Å². The summed E-state index contributed by atoms with van der Waals surface area (Å²) in [4.78, 5) is 12.2. The van der Waals surface area contributed by atoms with Crippen LogP contribution in [-0.4, -0.2) is 11.1 Å². The Labute approximate surface area is 223 Å². The van der Waals surface area contributed by atoms with Crippen molar-refractivity contribution in [1.82, 2.24) is 0 Å². The Balaban J connectivity index is 1.66. The Bertz CT molecular complexity index is 1530. The summed E-state index contributed by atoms with van der Waals surface area (Å²) >= 11 is 0. The van der Waals surface area contributed by atoms with Gasteiger partial charge >= 0.3 is 5.97 Å². The van der Waals surface area contributed by atoms with E-state index in [0.717, 1.165) is 38.2 Å². The van der Waals surface area contributed by atoms with Gasteiger partial charge in [0.25, 0.3) is 0 Å². The van der Waals surface area contributed by atoms with Crippen molar-refractivity contribution in [3.05, 3.63) is 156 Å². The third-order valence-electron chi connectivity index (χ3n) is 6.33. The molecule has 38 heavy (non-hydrogen) atoms. The third kappa shape index (κ3) is 5.80. The minimum atomic E-state index is -1.06. The monoisotopic (exact) mass is 516 g/mol. The van der Waals surface area contributed by atoms with Gasteiger partial charge in [0.2, 0.25) is 0 Å². The zero-order valence-corrected chi connectivity index (χ0v) is 21.6. The fraction of sp³-hybridized carbons (Fsp3) is 0.0294. The summed E-state index contributed by atoms with van der Waals surface area (Å²) in [6.07, 6.45) is 1.96. The number of aliphatic carboxylic acids is 1. The summed E-state index contributed by atoms with van der Waals surface area (Å²) in [5.74, 6) is -1.25. The molecule has 0 heterocycles. The predicted molar refractivity (Wildman–Crippen MR) is 156 cm³/mol. The molecule has 0 atom stereocenters. The zero-order valence-electron chi connectivity index (χ0n) is 20.7. The van der Waals surface area contributed by atoms with E-state index >= 15 is 0 Å². The summed E-state index contributed by atoms with van der Waals surface area (Å²) in [6.45, 7) is 0. The Morgan fingerprint density at radius 1 is 0.684 bits per heavy atom. The van der Waals surface area contributed by atoms with Gasteiger partial charge < -0.3 is 5.11 Å². The van der Waals surface area contributed by atoms with E-state index < -0.39 is 13.9 Å². The molecule has 5 aromatic rings. The van der Waals surface area contributed by atoms with Crippen molar-refractivity contribution in [2.45, 2.75) is 6.42 Å². The Morgan fingerprint density at radius 2 is 1.24 bits per heavy atom. The van der Waals surface area contributed by atoms with Crippen LogP contribution in [-0.2, 0) is 11.2 Å². The van der Waals surface area contributed by atoms with E-state index in [4.69, 9.17) is 0 Å². The number of rotatable bonds is 8. The molecule has 4 heteroatoms. The number of halogens is 1. The molecule has 0 amide bonds. The molecular formula is C34H26FO2P. The predicted octanol–water partition coefficient (Wildman–Crippen LogP) is 6.96. The fourth-order valence-electron chi connectivity index (χ4n) is 4.58. The summed E-state index contributed by atoms with van der Waals surface area (Å²) < 4.78 is 14.8. The Hall–Kier alpha value is -4.33. The van der Waals surface area contributed by atoms with E-state index in [1.54, 1.807) is 12.1 Å². The smallest absolute Gasteiger partial charge is 0.331 e. The maximum atomic E-state index is 14.8. The van der Waals surface area contributed by atoms with Gasteiger partial charge in [0.05, 0.1) is 0 Å². The third-order valence-corrected chi connectivity index (χ3v) is 8.81. The van der Waals surface area contributed by atoms with Crippen LogP contribution in [0.5, 0.6) is 0 Å². The molecule has 0 aliphatic carbocycles. The second-order valence-corrected chi connectivity index (χ2v) is 11.1. The van der Waals surface area contributed by atoms with Crippen LogP contribution >= 0.6 is 7.92 Å². The number of hydrogen-bond acceptors (Lipinski definition) is 1. The molecular weight excluding hydrogens is 490 g/mol. The van der Waals surface area contributed by atoms with Gasteiger partial charge in [0, 0.05) is 12.0 Å². The lowest BCUT2D eigenvalue weighted by atomic mass is 9.94. The molecule has 0 radical (unpaired) electrons. The van der Waals surface area contributed by atoms with Crippen molar-refractivity contribution >= 4 is 35.9 Å². The molecule has 186 valence electrons. The van der Waals surface area contributed by atoms with Gasteiger partial charge in [-0.15, -0.1) is 0 Å². The van der Waals surface area contributed by atoms with Crippen LogP contribution in [0.15, 0.2) is 139 Å². The highest BCUT2D eigenvalue weighted by Gasteiger charge is 2.22. The molecule has 0 aliphatic heterocycles. The van der Waals surface area contributed by atoms with Crippen LogP contribution in [0.3, 0.4) is 0 Å². The van der Waals surface area contributed by atoms with Crippen LogP contribution in [0.2, 0.25) is 0 Å². The van der Waals surface area contributed by atoms with Gasteiger partial charge in [-0.2, -0.15) is 0 Å². The van der Waals surface area contributed by atoms with Crippen molar-refractivity contribution in [2.24, 2.45) is 0 Å². The molecule has 0 unspecified atom stereocenters. The van der Waals surface area contributed by atoms with Gasteiger partial charge in [-0.1, -0.05) is 121 Å². The highest BCUT2D eigenvalue weighted by Crippen LogP contribution is 2.38. The maximum Gasteiger partial charge on any atom is 0.331 e.